The lowest BCUT2D eigenvalue weighted by Gasteiger charge is -2.31. The summed E-state index contributed by atoms with van der Waals surface area (Å²) in [6.45, 7) is 3.33. The van der Waals surface area contributed by atoms with Crippen LogP contribution in [-0.4, -0.2) is 39.8 Å². The van der Waals surface area contributed by atoms with Crippen LogP contribution in [0, 0.1) is 6.92 Å². The smallest absolute Gasteiger partial charge is 0.406 e. The number of ether oxygens (including phenoxy) is 1. The zero-order valence-corrected chi connectivity index (χ0v) is 15.6. The van der Waals surface area contributed by atoms with Gasteiger partial charge in [-0.3, -0.25) is 4.90 Å². The molecule has 0 spiro atoms. The predicted molar refractivity (Wildman–Crippen MR) is 98.2 cm³/mol. The number of hydrogen-bond acceptors (Lipinski definition) is 4. The van der Waals surface area contributed by atoms with E-state index in [1.165, 1.54) is 10.8 Å². The van der Waals surface area contributed by atoms with E-state index in [1.807, 2.05) is 13.0 Å². The maximum absolute atomic E-state index is 12.7. The van der Waals surface area contributed by atoms with E-state index in [0.29, 0.717) is 22.5 Å². The van der Waals surface area contributed by atoms with Gasteiger partial charge in [-0.05, 0) is 31.0 Å². The maximum atomic E-state index is 12.7. The molecule has 0 saturated carbocycles. The van der Waals surface area contributed by atoms with Crippen LogP contribution in [-0.2, 0) is 13.1 Å². The molecule has 1 saturated heterocycles. The lowest BCUT2D eigenvalue weighted by Crippen LogP contribution is -2.37. The summed E-state index contributed by atoms with van der Waals surface area (Å²) >= 11 is 0. The Hall–Kier alpha value is -2.48. The topological polar surface area (TPSA) is 43.4 Å². The van der Waals surface area contributed by atoms with Crippen LogP contribution >= 0.6 is 0 Å². The highest BCUT2D eigenvalue weighted by molar-refractivity contribution is 5.86. The first-order valence-corrected chi connectivity index (χ1v) is 9.32. The summed E-state index contributed by atoms with van der Waals surface area (Å²) < 4.78 is 50.9. The third-order valence-corrected chi connectivity index (χ3v) is 5.00. The molecule has 8 heteroatoms. The number of aromatic nitrogens is 2. The molecule has 28 heavy (non-hydrogen) atoms. The largest absolute Gasteiger partial charge is 0.490 e. The van der Waals surface area contributed by atoms with Gasteiger partial charge in [0.1, 0.15) is 24.7 Å². The number of rotatable bonds is 5. The molecule has 150 valence electrons. The second kappa shape index (κ2) is 7.50. The number of hydrogen-bond donors (Lipinski definition) is 0. The van der Waals surface area contributed by atoms with Gasteiger partial charge in [0, 0.05) is 38.1 Å². The molecule has 5 nitrogen and oxygen atoms in total. The fourth-order valence-corrected chi connectivity index (χ4v) is 3.70. The van der Waals surface area contributed by atoms with E-state index in [2.05, 4.69) is 9.88 Å². The molecule has 1 aliphatic heterocycles. The van der Waals surface area contributed by atoms with E-state index in [0.717, 1.165) is 38.2 Å². The SMILES string of the molecule is Cc1nc(CN2CCC(Oc3cccc4c3ccn4CC(F)(F)F)CC2)co1. The van der Waals surface area contributed by atoms with Gasteiger partial charge in [-0.2, -0.15) is 13.2 Å². The summed E-state index contributed by atoms with van der Waals surface area (Å²) in [6, 6.07) is 6.95. The number of alkyl halides is 3. The highest BCUT2D eigenvalue weighted by Gasteiger charge is 2.28. The Bertz CT molecular complexity index is 940. The number of likely N-dealkylation sites (tertiary alicyclic amines) is 1. The van der Waals surface area contributed by atoms with Crippen molar-refractivity contribution in [2.75, 3.05) is 13.1 Å². The average molecular weight is 393 g/mol. The standard InChI is InChI=1S/C20H22F3N3O2/c1-14-24-15(12-27-14)11-25-8-5-16(6-9-25)28-19-4-2-3-18-17(19)7-10-26(18)13-20(21,22)23/h2-4,7,10,12,16H,5-6,8-9,11,13H2,1H3. The van der Waals surface area contributed by atoms with Gasteiger partial charge in [-0.15, -0.1) is 0 Å². The van der Waals surface area contributed by atoms with E-state index >= 15 is 0 Å². The summed E-state index contributed by atoms with van der Waals surface area (Å²) in [7, 11) is 0. The van der Waals surface area contributed by atoms with Gasteiger partial charge in [0.2, 0.25) is 0 Å². The van der Waals surface area contributed by atoms with Gasteiger partial charge in [-0.25, -0.2) is 4.98 Å². The minimum atomic E-state index is -4.25. The molecule has 0 radical (unpaired) electrons. The molecule has 2 aromatic heterocycles. The Balaban J connectivity index is 1.39. The summed E-state index contributed by atoms with van der Waals surface area (Å²) in [5, 5.41) is 0.715. The normalized spacial score (nSPS) is 16.7. The van der Waals surface area contributed by atoms with Gasteiger partial charge in [0.15, 0.2) is 5.89 Å². The first-order valence-electron chi connectivity index (χ1n) is 9.32. The van der Waals surface area contributed by atoms with Crippen molar-refractivity contribution >= 4 is 10.9 Å². The number of aryl methyl sites for hydroxylation is 1. The Morgan fingerprint density at radius 3 is 2.68 bits per heavy atom. The molecular formula is C20H22F3N3O2. The minimum absolute atomic E-state index is 0.0480. The molecule has 3 aromatic rings. The van der Waals surface area contributed by atoms with Crippen molar-refractivity contribution in [1.29, 1.82) is 0 Å². The molecule has 0 amide bonds. The summed E-state index contributed by atoms with van der Waals surface area (Å²) in [4.78, 5) is 6.63. The van der Waals surface area contributed by atoms with Gasteiger partial charge in [-0.1, -0.05) is 6.07 Å². The van der Waals surface area contributed by atoms with Gasteiger partial charge in [0.25, 0.3) is 0 Å². The van der Waals surface area contributed by atoms with Gasteiger partial charge in [0.05, 0.1) is 11.2 Å². The van der Waals surface area contributed by atoms with Crippen LogP contribution in [0.15, 0.2) is 41.1 Å². The van der Waals surface area contributed by atoms with Gasteiger partial charge < -0.3 is 13.7 Å². The zero-order valence-electron chi connectivity index (χ0n) is 15.6. The van der Waals surface area contributed by atoms with Gasteiger partial charge >= 0.3 is 6.18 Å². The van der Waals surface area contributed by atoms with Crippen LogP contribution < -0.4 is 4.74 Å². The second-order valence-electron chi connectivity index (χ2n) is 7.20. The molecule has 3 heterocycles. The molecule has 0 unspecified atom stereocenters. The minimum Gasteiger partial charge on any atom is -0.490 e. The van der Waals surface area contributed by atoms with E-state index < -0.39 is 12.7 Å². The van der Waals surface area contributed by atoms with Crippen molar-refractivity contribution in [1.82, 2.24) is 14.5 Å². The van der Waals surface area contributed by atoms with Crippen molar-refractivity contribution in [3.8, 4) is 5.75 Å². The van der Waals surface area contributed by atoms with Crippen LogP contribution in [0.5, 0.6) is 5.75 Å². The van der Waals surface area contributed by atoms with E-state index in [9.17, 15) is 13.2 Å². The zero-order chi connectivity index (χ0) is 19.7. The lowest BCUT2D eigenvalue weighted by atomic mass is 10.1. The molecular weight excluding hydrogens is 371 g/mol. The number of piperidine rings is 1. The van der Waals surface area contributed by atoms with Crippen molar-refractivity contribution in [3.63, 3.8) is 0 Å². The van der Waals surface area contributed by atoms with E-state index in [1.54, 1.807) is 24.5 Å². The summed E-state index contributed by atoms with van der Waals surface area (Å²) in [5.74, 6) is 1.31. The lowest BCUT2D eigenvalue weighted by molar-refractivity contribution is -0.139. The van der Waals surface area contributed by atoms with Crippen molar-refractivity contribution in [3.05, 3.63) is 48.3 Å². The van der Waals surface area contributed by atoms with E-state index in [4.69, 9.17) is 9.15 Å². The fourth-order valence-electron chi connectivity index (χ4n) is 3.70. The first-order chi connectivity index (χ1) is 13.4. The molecule has 1 aliphatic rings. The van der Waals surface area contributed by atoms with Crippen molar-refractivity contribution < 1.29 is 22.3 Å². The number of oxazole rings is 1. The fraction of sp³-hybridized carbons (Fsp3) is 0.450. The summed E-state index contributed by atoms with van der Waals surface area (Å²) in [5.41, 5.74) is 1.46. The molecule has 0 atom stereocenters. The monoisotopic (exact) mass is 393 g/mol. The summed E-state index contributed by atoms with van der Waals surface area (Å²) in [6.07, 6.45) is 0.662. The third kappa shape index (κ3) is 4.32. The number of fused-ring (bicyclic) bond motifs is 1. The molecule has 1 aromatic carbocycles. The van der Waals surface area contributed by atoms with Crippen molar-refractivity contribution in [2.24, 2.45) is 0 Å². The Labute approximate surface area is 160 Å². The Morgan fingerprint density at radius 2 is 2.00 bits per heavy atom. The van der Waals surface area contributed by atoms with E-state index in [-0.39, 0.29) is 6.10 Å². The Kier molecular flexibility index (Phi) is 5.05. The average Bonchev–Trinajstić information content (AvgIpc) is 3.22. The van der Waals surface area contributed by atoms with Crippen LogP contribution in [0.2, 0.25) is 0 Å². The number of nitrogens with zero attached hydrogens (tertiary/aromatic N) is 3. The van der Waals surface area contributed by atoms with Crippen LogP contribution in [0.3, 0.4) is 0 Å². The number of benzene rings is 1. The van der Waals surface area contributed by atoms with Crippen LogP contribution in [0.1, 0.15) is 24.4 Å². The Morgan fingerprint density at radius 1 is 1.21 bits per heavy atom. The molecule has 0 bridgehead atoms. The molecule has 0 N–H and O–H groups in total. The number of halogens is 3. The second-order valence-corrected chi connectivity index (χ2v) is 7.20. The molecule has 1 fully saturated rings. The maximum Gasteiger partial charge on any atom is 0.406 e. The van der Waals surface area contributed by atoms with Crippen molar-refractivity contribution in [2.45, 2.75) is 45.1 Å². The highest BCUT2D eigenvalue weighted by Crippen LogP contribution is 2.31. The molecule has 4 rings (SSSR count). The predicted octanol–water partition coefficient (Wildman–Crippen LogP) is 4.54. The van der Waals surface area contributed by atoms with Crippen LogP contribution in [0.4, 0.5) is 13.2 Å². The third-order valence-electron chi connectivity index (χ3n) is 5.00. The first kappa shape index (κ1) is 18.9. The highest BCUT2D eigenvalue weighted by atomic mass is 19.4. The quantitative estimate of drug-likeness (QED) is 0.638. The van der Waals surface area contributed by atoms with Crippen LogP contribution in [0.25, 0.3) is 10.9 Å². The molecule has 0 aliphatic carbocycles.